The lowest BCUT2D eigenvalue weighted by atomic mass is 10.2. The van der Waals surface area contributed by atoms with Gasteiger partial charge in [-0.2, -0.15) is 0 Å². The number of carbonyl (C=O) groups is 3. The van der Waals surface area contributed by atoms with E-state index >= 15 is 0 Å². The second-order valence-electron chi connectivity index (χ2n) is 5.53. The van der Waals surface area contributed by atoms with Crippen LogP contribution in [0.25, 0.3) is 0 Å². The highest BCUT2D eigenvalue weighted by Crippen LogP contribution is 2.18. The van der Waals surface area contributed by atoms with Crippen LogP contribution in [0.4, 0.5) is 4.79 Å². The first-order valence-electron chi connectivity index (χ1n) is 6.84. The summed E-state index contributed by atoms with van der Waals surface area (Å²) in [6.45, 7) is 4.89. The normalized spacial score (nSPS) is 18.2. The van der Waals surface area contributed by atoms with E-state index in [1.807, 2.05) is 13.8 Å². The Kier molecular flexibility index (Phi) is 5.79. The van der Waals surface area contributed by atoms with E-state index in [1.54, 1.807) is 0 Å². The Bertz CT molecular complexity index is 384. The first-order chi connectivity index (χ1) is 9.32. The zero-order chi connectivity index (χ0) is 15.3. The molecule has 1 aliphatic rings. The Morgan fingerprint density at radius 1 is 1.40 bits per heavy atom. The van der Waals surface area contributed by atoms with Gasteiger partial charge in [-0.3, -0.25) is 4.79 Å². The van der Waals surface area contributed by atoms with Crippen LogP contribution in [-0.4, -0.2) is 65.5 Å². The van der Waals surface area contributed by atoms with Crippen LogP contribution in [0.3, 0.4) is 0 Å². The van der Waals surface area contributed by atoms with Gasteiger partial charge in [0.1, 0.15) is 12.6 Å². The van der Waals surface area contributed by atoms with Gasteiger partial charge in [0.05, 0.1) is 0 Å². The van der Waals surface area contributed by atoms with E-state index in [0.29, 0.717) is 31.8 Å². The number of likely N-dealkylation sites (N-methyl/N-ethyl adjacent to an activating group) is 1. The van der Waals surface area contributed by atoms with Crippen molar-refractivity contribution in [2.75, 3.05) is 26.7 Å². The Hall–Kier alpha value is -1.79. The number of nitrogens with one attached hydrogen (secondary N) is 1. The first kappa shape index (κ1) is 16.3. The van der Waals surface area contributed by atoms with Gasteiger partial charge >= 0.3 is 12.0 Å². The summed E-state index contributed by atoms with van der Waals surface area (Å²) in [5.74, 6) is -0.885. The van der Waals surface area contributed by atoms with Crippen molar-refractivity contribution in [3.63, 3.8) is 0 Å². The Morgan fingerprint density at radius 3 is 2.60 bits per heavy atom. The number of hydrogen-bond acceptors (Lipinski definition) is 3. The maximum absolute atomic E-state index is 12.1. The van der Waals surface area contributed by atoms with Gasteiger partial charge in [-0.25, -0.2) is 9.59 Å². The fourth-order valence-electron chi connectivity index (χ4n) is 2.13. The number of rotatable bonds is 5. The molecule has 0 radical (unpaired) electrons. The summed E-state index contributed by atoms with van der Waals surface area (Å²) in [6, 6.07) is -1.18. The van der Waals surface area contributed by atoms with Crippen LogP contribution in [0.2, 0.25) is 0 Å². The molecule has 1 aliphatic heterocycles. The third-order valence-corrected chi connectivity index (χ3v) is 3.20. The predicted molar refractivity (Wildman–Crippen MR) is 73.2 cm³/mol. The summed E-state index contributed by atoms with van der Waals surface area (Å²) in [5.41, 5.74) is 0. The Labute approximate surface area is 118 Å². The standard InChI is InChI=1S/C13H23N3O4/c1-9(2)7-14-11(17)8-15(3)13(20)16-6-4-5-10(16)12(18)19/h9-10H,4-8H2,1-3H3,(H,14,17)(H,18,19). The van der Waals surface area contributed by atoms with E-state index in [9.17, 15) is 14.4 Å². The van der Waals surface area contributed by atoms with Crippen LogP contribution in [0.15, 0.2) is 0 Å². The maximum Gasteiger partial charge on any atom is 0.326 e. The van der Waals surface area contributed by atoms with Gasteiger partial charge in [0.15, 0.2) is 0 Å². The van der Waals surface area contributed by atoms with Crippen LogP contribution in [0.5, 0.6) is 0 Å². The number of likely N-dealkylation sites (tertiary alicyclic amines) is 1. The van der Waals surface area contributed by atoms with Gasteiger partial charge in [-0.15, -0.1) is 0 Å². The van der Waals surface area contributed by atoms with Crippen molar-refractivity contribution in [2.45, 2.75) is 32.7 Å². The molecule has 1 heterocycles. The smallest absolute Gasteiger partial charge is 0.326 e. The molecule has 0 saturated carbocycles. The molecule has 2 N–H and O–H groups in total. The average molecular weight is 285 g/mol. The second-order valence-corrected chi connectivity index (χ2v) is 5.53. The topological polar surface area (TPSA) is 90.0 Å². The fraction of sp³-hybridized carbons (Fsp3) is 0.769. The van der Waals surface area contributed by atoms with Crippen molar-refractivity contribution in [1.82, 2.24) is 15.1 Å². The highest BCUT2D eigenvalue weighted by molar-refractivity contribution is 5.87. The van der Waals surface area contributed by atoms with Crippen LogP contribution >= 0.6 is 0 Å². The zero-order valence-corrected chi connectivity index (χ0v) is 12.3. The third-order valence-electron chi connectivity index (χ3n) is 3.20. The molecular formula is C13H23N3O4. The van der Waals surface area contributed by atoms with Crippen molar-refractivity contribution >= 4 is 17.9 Å². The number of carbonyl (C=O) groups excluding carboxylic acids is 2. The minimum absolute atomic E-state index is 0.0611. The molecule has 0 spiro atoms. The molecule has 0 aliphatic carbocycles. The van der Waals surface area contributed by atoms with Crippen molar-refractivity contribution < 1.29 is 19.5 Å². The molecule has 7 nitrogen and oxygen atoms in total. The quantitative estimate of drug-likeness (QED) is 0.763. The lowest BCUT2D eigenvalue weighted by Gasteiger charge is -2.27. The molecule has 1 atom stereocenters. The fourth-order valence-corrected chi connectivity index (χ4v) is 2.13. The van der Waals surface area contributed by atoms with Crippen molar-refractivity contribution in [3.8, 4) is 0 Å². The molecule has 1 fully saturated rings. The average Bonchev–Trinajstić information content (AvgIpc) is 2.84. The summed E-state index contributed by atoms with van der Waals surface area (Å²) >= 11 is 0. The summed E-state index contributed by atoms with van der Waals surface area (Å²) in [5, 5.41) is 11.8. The zero-order valence-electron chi connectivity index (χ0n) is 12.3. The molecule has 3 amide bonds. The lowest BCUT2D eigenvalue weighted by molar-refractivity contribution is -0.141. The van der Waals surface area contributed by atoms with Gasteiger partial charge < -0.3 is 20.2 Å². The Balaban J connectivity index is 2.50. The molecule has 114 valence electrons. The first-order valence-corrected chi connectivity index (χ1v) is 6.84. The molecule has 1 rings (SSSR count). The molecular weight excluding hydrogens is 262 g/mol. The minimum atomic E-state index is -0.992. The number of carboxylic acid groups (broad SMARTS) is 1. The number of amides is 3. The summed E-state index contributed by atoms with van der Waals surface area (Å²) in [7, 11) is 1.51. The number of hydrogen-bond donors (Lipinski definition) is 2. The third kappa shape index (κ3) is 4.40. The largest absolute Gasteiger partial charge is 0.480 e. The molecule has 1 unspecified atom stereocenters. The molecule has 20 heavy (non-hydrogen) atoms. The predicted octanol–water partition coefficient (Wildman–Crippen LogP) is 0.359. The van der Waals surface area contributed by atoms with E-state index in [1.165, 1.54) is 16.8 Å². The number of urea groups is 1. The highest BCUT2D eigenvalue weighted by Gasteiger charge is 2.35. The van der Waals surface area contributed by atoms with Gasteiger partial charge in [0, 0.05) is 20.1 Å². The van der Waals surface area contributed by atoms with Crippen molar-refractivity contribution in [1.29, 1.82) is 0 Å². The highest BCUT2D eigenvalue weighted by atomic mass is 16.4. The summed E-state index contributed by atoms with van der Waals surface area (Å²) in [6.07, 6.45) is 1.14. The van der Waals surface area contributed by atoms with Crippen LogP contribution < -0.4 is 5.32 Å². The SMILES string of the molecule is CC(C)CNC(=O)CN(C)C(=O)N1CCCC1C(=O)O. The molecule has 0 aromatic carbocycles. The lowest BCUT2D eigenvalue weighted by Crippen LogP contribution is -2.49. The molecule has 0 bridgehead atoms. The monoisotopic (exact) mass is 285 g/mol. The van der Waals surface area contributed by atoms with E-state index in [0.717, 1.165) is 0 Å². The van der Waals surface area contributed by atoms with Crippen molar-refractivity contribution in [2.24, 2.45) is 5.92 Å². The van der Waals surface area contributed by atoms with Crippen LogP contribution in [-0.2, 0) is 9.59 Å². The number of carboxylic acids is 1. The maximum atomic E-state index is 12.1. The summed E-state index contributed by atoms with van der Waals surface area (Å²) in [4.78, 5) is 37.4. The number of nitrogens with zero attached hydrogens (tertiary/aromatic N) is 2. The van der Waals surface area contributed by atoms with E-state index in [-0.39, 0.29) is 12.5 Å². The van der Waals surface area contributed by atoms with Crippen LogP contribution in [0, 0.1) is 5.92 Å². The second kappa shape index (κ2) is 7.12. The Morgan fingerprint density at radius 2 is 2.05 bits per heavy atom. The summed E-state index contributed by atoms with van der Waals surface area (Å²) < 4.78 is 0. The van der Waals surface area contributed by atoms with Gasteiger partial charge in [0.2, 0.25) is 5.91 Å². The van der Waals surface area contributed by atoms with Crippen LogP contribution in [0.1, 0.15) is 26.7 Å². The molecule has 0 aromatic heterocycles. The minimum Gasteiger partial charge on any atom is -0.480 e. The number of aliphatic carboxylic acids is 1. The van der Waals surface area contributed by atoms with E-state index in [2.05, 4.69) is 5.32 Å². The van der Waals surface area contributed by atoms with Gasteiger partial charge in [-0.05, 0) is 18.8 Å². The van der Waals surface area contributed by atoms with Crippen molar-refractivity contribution in [3.05, 3.63) is 0 Å². The molecule has 7 heteroatoms. The van der Waals surface area contributed by atoms with Gasteiger partial charge in [-0.1, -0.05) is 13.8 Å². The molecule has 0 aromatic rings. The van der Waals surface area contributed by atoms with E-state index < -0.39 is 18.0 Å². The van der Waals surface area contributed by atoms with E-state index in [4.69, 9.17) is 5.11 Å². The molecule has 1 saturated heterocycles. The van der Waals surface area contributed by atoms with Gasteiger partial charge in [0.25, 0.3) is 0 Å².